The summed E-state index contributed by atoms with van der Waals surface area (Å²) >= 11 is 0. The van der Waals surface area contributed by atoms with Gasteiger partial charge in [-0.15, -0.1) is 0 Å². The highest BCUT2D eigenvalue weighted by atomic mass is 19.1. The number of nitrogens with two attached hydrogens (primary N) is 1. The average molecular weight is 299 g/mol. The molecule has 0 spiro atoms. The summed E-state index contributed by atoms with van der Waals surface area (Å²) in [7, 11) is 0. The van der Waals surface area contributed by atoms with Gasteiger partial charge in [-0.3, -0.25) is 4.90 Å². The number of hydrogen-bond donors (Lipinski definition) is 1. The average Bonchev–Trinajstić information content (AvgIpc) is 2.57. The minimum Gasteiger partial charge on any atom is -0.369 e. The maximum absolute atomic E-state index is 13.8. The molecule has 0 saturated carbocycles. The Hall–Kier alpha value is -1.91. The van der Waals surface area contributed by atoms with Crippen molar-refractivity contribution in [2.75, 3.05) is 37.6 Å². The largest absolute Gasteiger partial charge is 0.369 e. The first kappa shape index (κ1) is 15.0. The molecule has 0 amide bonds. The quantitative estimate of drug-likeness (QED) is 0.942. The van der Waals surface area contributed by atoms with E-state index in [1.165, 1.54) is 11.8 Å². The molecule has 3 nitrogen and oxygen atoms in total. The van der Waals surface area contributed by atoms with Crippen LogP contribution in [-0.4, -0.2) is 37.6 Å². The van der Waals surface area contributed by atoms with E-state index in [0.717, 1.165) is 26.2 Å². The van der Waals surface area contributed by atoms with Gasteiger partial charge in [0.1, 0.15) is 5.82 Å². The van der Waals surface area contributed by atoms with Crippen LogP contribution in [0.3, 0.4) is 0 Å². The van der Waals surface area contributed by atoms with Crippen LogP contribution in [0.15, 0.2) is 54.6 Å². The summed E-state index contributed by atoms with van der Waals surface area (Å²) in [5.41, 5.74) is 8.05. The molecule has 2 aromatic rings. The second kappa shape index (κ2) is 6.90. The van der Waals surface area contributed by atoms with Crippen LogP contribution in [-0.2, 0) is 0 Å². The molecule has 2 N–H and O–H groups in total. The van der Waals surface area contributed by atoms with Gasteiger partial charge in [0.2, 0.25) is 0 Å². The van der Waals surface area contributed by atoms with Gasteiger partial charge in [0.25, 0.3) is 0 Å². The molecule has 1 saturated heterocycles. The fraction of sp³-hybridized carbons (Fsp3) is 0.333. The molecular weight excluding hydrogens is 277 g/mol. The smallest absolute Gasteiger partial charge is 0.128 e. The van der Waals surface area contributed by atoms with E-state index in [2.05, 4.69) is 34.1 Å². The van der Waals surface area contributed by atoms with Crippen molar-refractivity contribution in [1.82, 2.24) is 4.90 Å². The summed E-state index contributed by atoms with van der Waals surface area (Å²) in [6.07, 6.45) is 0. The van der Waals surface area contributed by atoms with Crippen LogP contribution in [0.5, 0.6) is 0 Å². The summed E-state index contributed by atoms with van der Waals surface area (Å²) in [5.74, 6) is -0.210. The van der Waals surface area contributed by atoms with Crippen molar-refractivity contribution < 1.29 is 4.39 Å². The van der Waals surface area contributed by atoms with E-state index in [1.54, 1.807) is 12.1 Å². The Balaban J connectivity index is 1.55. The molecule has 1 aliphatic heterocycles. The minimum atomic E-state index is -0.274. The van der Waals surface area contributed by atoms with Crippen LogP contribution in [0.4, 0.5) is 10.1 Å². The number of hydrogen-bond acceptors (Lipinski definition) is 3. The Morgan fingerprint density at radius 1 is 0.909 bits per heavy atom. The molecule has 1 atom stereocenters. The fourth-order valence-corrected chi connectivity index (χ4v) is 2.98. The molecule has 1 fully saturated rings. The van der Waals surface area contributed by atoms with E-state index in [9.17, 15) is 4.39 Å². The number of nitrogens with zero attached hydrogens (tertiary/aromatic N) is 2. The summed E-state index contributed by atoms with van der Waals surface area (Å²) in [5, 5.41) is 0. The molecule has 1 heterocycles. The van der Waals surface area contributed by atoms with Crippen LogP contribution < -0.4 is 10.6 Å². The molecule has 4 heteroatoms. The van der Waals surface area contributed by atoms with Crippen molar-refractivity contribution in [3.8, 4) is 0 Å². The second-order valence-corrected chi connectivity index (χ2v) is 5.75. The van der Waals surface area contributed by atoms with Crippen molar-refractivity contribution in [2.24, 2.45) is 5.73 Å². The van der Waals surface area contributed by atoms with Crippen LogP contribution >= 0.6 is 0 Å². The van der Waals surface area contributed by atoms with Crippen LogP contribution in [0.1, 0.15) is 11.6 Å². The van der Waals surface area contributed by atoms with Gasteiger partial charge >= 0.3 is 0 Å². The standard InChI is InChI=1S/C18H22FN3/c19-17-9-5-4-8-16(17)18(20)14-21-10-12-22(13-11-21)15-6-2-1-3-7-15/h1-9,18H,10-14,20H2. The van der Waals surface area contributed by atoms with Gasteiger partial charge < -0.3 is 10.6 Å². The first-order valence-electron chi connectivity index (χ1n) is 7.76. The van der Waals surface area contributed by atoms with E-state index in [4.69, 9.17) is 5.73 Å². The third-order valence-electron chi connectivity index (χ3n) is 4.25. The third-order valence-corrected chi connectivity index (χ3v) is 4.25. The first-order chi connectivity index (χ1) is 10.7. The van der Waals surface area contributed by atoms with Crippen LogP contribution in [0.25, 0.3) is 0 Å². The number of anilines is 1. The van der Waals surface area contributed by atoms with Gasteiger partial charge in [-0.2, -0.15) is 0 Å². The fourth-order valence-electron chi connectivity index (χ4n) is 2.98. The van der Waals surface area contributed by atoms with Gasteiger partial charge in [0.15, 0.2) is 0 Å². The number of piperazine rings is 1. The second-order valence-electron chi connectivity index (χ2n) is 5.75. The molecule has 0 radical (unpaired) electrons. The summed E-state index contributed by atoms with van der Waals surface area (Å²) in [6.45, 7) is 4.57. The summed E-state index contributed by atoms with van der Waals surface area (Å²) in [4.78, 5) is 4.70. The minimum absolute atomic E-state index is 0.210. The van der Waals surface area contributed by atoms with E-state index in [1.807, 2.05) is 12.1 Å². The molecular formula is C18H22FN3. The van der Waals surface area contributed by atoms with E-state index in [0.29, 0.717) is 12.1 Å². The lowest BCUT2D eigenvalue weighted by Crippen LogP contribution is -2.48. The van der Waals surface area contributed by atoms with Gasteiger partial charge in [-0.25, -0.2) is 4.39 Å². The Morgan fingerprint density at radius 3 is 2.23 bits per heavy atom. The number of rotatable bonds is 4. The maximum atomic E-state index is 13.8. The van der Waals surface area contributed by atoms with E-state index >= 15 is 0 Å². The normalized spacial score (nSPS) is 17.5. The highest BCUT2D eigenvalue weighted by Gasteiger charge is 2.20. The Labute approximate surface area is 131 Å². The highest BCUT2D eigenvalue weighted by molar-refractivity contribution is 5.46. The number of para-hydroxylation sites is 1. The van der Waals surface area contributed by atoms with Crippen LogP contribution in [0, 0.1) is 5.82 Å². The van der Waals surface area contributed by atoms with Gasteiger partial charge in [-0.05, 0) is 18.2 Å². The summed E-state index contributed by atoms with van der Waals surface area (Å²) < 4.78 is 13.8. The monoisotopic (exact) mass is 299 g/mol. The van der Waals surface area contributed by atoms with E-state index < -0.39 is 0 Å². The zero-order chi connectivity index (χ0) is 15.4. The topological polar surface area (TPSA) is 32.5 Å². The highest BCUT2D eigenvalue weighted by Crippen LogP contribution is 2.19. The lowest BCUT2D eigenvalue weighted by atomic mass is 10.1. The molecule has 116 valence electrons. The van der Waals surface area contributed by atoms with Crippen LogP contribution in [0.2, 0.25) is 0 Å². The van der Waals surface area contributed by atoms with Crippen molar-refractivity contribution in [1.29, 1.82) is 0 Å². The molecule has 2 aromatic carbocycles. The predicted octanol–water partition coefficient (Wildman–Crippen LogP) is 2.65. The zero-order valence-electron chi connectivity index (χ0n) is 12.7. The molecule has 1 unspecified atom stereocenters. The van der Waals surface area contributed by atoms with Gasteiger partial charge in [0, 0.05) is 50.0 Å². The SMILES string of the molecule is NC(CN1CCN(c2ccccc2)CC1)c1ccccc1F. The van der Waals surface area contributed by atoms with Gasteiger partial charge in [0.05, 0.1) is 0 Å². The Bertz CT molecular complexity index is 594. The molecule has 0 bridgehead atoms. The van der Waals surface area contributed by atoms with Crippen molar-refractivity contribution >= 4 is 5.69 Å². The summed E-state index contributed by atoms with van der Waals surface area (Å²) in [6, 6.07) is 17.0. The lowest BCUT2D eigenvalue weighted by molar-refractivity contribution is 0.242. The molecule has 1 aliphatic rings. The lowest BCUT2D eigenvalue weighted by Gasteiger charge is -2.37. The number of halogens is 1. The Morgan fingerprint density at radius 2 is 1.55 bits per heavy atom. The third kappa shape index (κ3) is 3.46. The molecule has 3 rings (SSSR count). The van der Waals surface area contributed by atoms with Crippen molar-refractivity contribution in [3.63, 3.8) is 0 Å². The van der Waals surface area contributed by atoms with Crippen molar-refractivity contribution in [2.45, 2.75) is 6.04 Å². The van der Waals surface area contributed by atoms with Gasteiger partial charge in [-0.1, -0.05) is 36.4 Å². The molecule has 22 heavy (non-hydrogen) atoms. The zero-order valence-corrected chi connectivity index (χ0v) is 12.7. The number of benzene rings is 2. The molecule has 0 aromatic heterocycles. The molecule has 0 aliphatic carbocycles. The Kier molecular flexibility index (Phi) is 4.71. The predicted molar refractivity (Wildman–Crippen MR) is 88.4 cm³/mol. The van der Waals surface area contributed by atoms with Crippen molar-refractivity contribution in [3.05, 3.63) is 66.0 Å². The maximum Gasteiger partial charge on any atom is 0.128 e. The first-order valence-corrected chi connectivity index (χ1v) is 7.76. The van der Waals surface area contributed by atoms with E-state index in [-0.39, 0.29) is 11.9 Å².